The van der Waals surface area contributed by atoms with Crippen LogP contribution < -0.4 is 21.4 Å². The number of ether oxygens (including phenoxy) is 1. The normalized spacial score (nSPS) is 12.4. The van der Waals surface area contributed by atoms with Crippen LogP contribution in [0.25, 0.3) is 11.0 Å². The fourth-order valence-electron chi connectivity index (χ4n) is 3.03. The fourth-order valence-corrected chi connectivity index (χ4v) is 3.03. The number of amides is 2. The molecule has 1 aromatic heterocycles. The minimum absolute atomic E-state index is 0.172. The van der Waals surface area contributed by atoms with Gasteiger partial charge in [-0.3, -0.25) is 9.59 Å². The molecule has 1 heterocycles. The smallest absolute Gasteiger partial charge is 0.416 e. The van der Waals surface area contributed by atoms with Crippen molar-refractivity contribution in [2.45, 2.75) is 18.6 Å². The molecule has 10 heteroatoms. The van der Waals surface area contributed by atoms with Gasteiger partial charge >= 0.3 is 11.8 Å². The molecule has 3 N–H and O–H groups in total. The standard InChI is InChI=1S/C21H17F3N2O5/c1-30-14-5-6-15-12(9-18(27)31-17(15)10-14)8-16(19(25)28)26-20(29)11-3-2-4-13(7-11)21(22,23)24/h2-7,9-10,16H,8H2,1H3,(H2,25,28)(H,26,29)/t16-/m0/s1. The Balaban J connectivity index is 1.90. The number of hydrogen-bond acceptors (Lipinski definition) is 5. The first-order chi connectivity index (χ1) is 14.6. The lowest BCUT2D eigenvalue weighted by atomic mass is 10.0. The van der Waals surface area contributed by atoms with E-state index in [0.717, 1.165) is 18.2 Å². The number of alkyl halides is 3. The number of halogens is 3. The van der Waals surface area contributed by atoms with Crippen LogP contribution in [0.5, 0.6) is 5.75 Å². The molecule has 0 fully saturated rings. The number of carbonyl (C=O) groups is 2. The first kappa shape index (κ1) is 21.9. The van der Waals surface area contributed by atoms with E-state index in [1.807, 2.05) is 0 Å². The molecule has 162 valence electrons. The summed E-state index contributed by atoms with van der Waals surface area (Å²) in [4.78, 5) is 36.3. The quantitative estimate of drug-likeness (QED) is 0.580. The van der Waals surface area contributed by atoms with Crippen LogP contribution in [0.3, 0.4) is 0 Å². The van der Waals surface area contributed by atoms with Gasteiger partial charge in [-0.15, -0.1) is 0 Å². The molecule has 0 radical (unpaired) electrons. The Morgan fingerprint density at radius 1 is 1.16 bits per heavy atom. The highest BCUT2D eigenvalue weighted by Crippen LogP contribution is 2.29. The van der Waals surface area contributed by atoms with Gasteiger partial charge in [0.05, 0.1) is 12.7 Å². The second-order valence-corrected chi connectivity index (χ2v) is 6.66. The van der Waals surface area contributed by atoms with Crippen LogP contribution >= 0.6 is 0 Å². The summed E-state index contributed by atoms with van der Waals surface area (Å²) < 4.78 is 48.9. The van der Waals surface area contributed by atoms with Gasteiger partial charge in [-0.05, 0) is 35.9 Å². The number of hydrogen-bond donors (Lipinski definition) is 2. The largest absolute Gasteiger partial charge is 0.497 e. The predicted molar refractivity (Wildman–Crippen MR) is 105 cm³/mol. The molecule has 2 aromatic carbocycles. The van der Waals surface area contributed by atoms with Crippen molar-refractivity contribution in [1.82, 2.24) is 5.32 Å². The maximum absolute atomic E-state index is 12.9. The summed E-state index contributed by atoms with van der Waals surface area (Å²) in [6.07, 6.45) is -4.80. The van der Waals surface area contributed by atoms with Crippen molar-refractivity contribution in [2.75, 3.05) is 7.11 Å². The molecule has 0 saturated carbocycles. The second-order valence-electron chi connectivity index (χ2n) is 6.66. The summed E-state index contributed by atoms with van der Waals surface area (Å²) in [6, 6.07) is 8.35. The van der Waals surface area contributed by atoms with E-state index in [1.54, 1.807) is 12.1 Å². The molecule has 0 aliphatic carbocycles. The molecule has 0 spiro atoms. The zero-order valence-corrected chi connectivity index (χ0v) is 16.2. The van der Waals surface area contributed by atoms with Crippen molar-refractivity contribution in [3.8, 4) is 5.75 Å². The predicted octanol–water partition coefficient (Wildman–Crippen LogP) is 2.65. The first-order valence-corrected chi connectivity index (χ1v) is 8.96. The highest BCUT2D eigenvalue weighted by molar-refractivity contribution is 5.97. The van der Waals surface area contributed by atoms with E-state index < -0.39 is 35.2 Å². The third kappa shape index (κ3) is 5.03. The van der Waals surface area contributed by atoms with Gasteiger partial charge in [-0.1, -0.05) is 6.07 Å². The average Bonchev–Trinajstić information content (AvgIpc) is 2.71. The Kier molecular flexibility index (Phi) is 6.00. The number of fused-ring (bicyclic) bond motifs is 1. The molecule has 3 rings (SSSR count). The summed E-state index contributed by atoms with van der Waals surface area (Å²) in [5.74, 6) is -1.39. The summed E-state index contributed by atoms with van der Waals surface area (Å²) in [5.41, 5.74) is 3.97. The monoisotopic (exact) mass is 434 g/mol. The molecule has 3 aromatic rings. The van der Waals surface area contributed by atoms with Gasteiger partial charge < -0.3 is 20.2 Å². The van der Waals surface area contributed by atoms with Gasteiger partial charge in [0.25, 0.3) is 5.91 Å². The second kappa shape index (κ2) is 8.50. The molecule has 0 saturated heterocycles. The molecule has 2 amide bonds. The van der Waals surface area contributed by atoms with E-state index in [1.165, 1.54) is 19.2 Å². The summed E-state index contributed by atoms with van der Waals surface area (Å²) in [6.45, 7) is 0. The van der Waals surface area contributed by atoms with Crippen LogP contribution in [0.15, 0.2) is 57.7 Å². The number of methoxy groups -OCH3 is 1. The molecule has 1 atom stereocenters. The number of nitrogens with one attached hydrogen (secondary N) is 1. The first-order valence-electron chi connectivity index (χ1n) is 8.96. The van der Waals surface area contributed by atoms with Crippen LogP contribution in [0.2, 0.25) is 0 Å². The van der Waals surface area contributed by atoms with E-state index >= 15 is 0 Å². The lowest BCUT2D eigenvalue weighted by Gasteiger charge is -2.17. The van der Waals surface area contributed by atoms with E-state index in [4.69, 9.17) is 14.9 Å². The van der Waals surface area contributed by atoms with E-state index in [-0.39, 0.29) is 17.6 Å². The van der Waals surface area contributed by atoms with Crippen molar-refractivity contribution in [3.63, 3.8) is 0 Å². The SMILES string of the molecule is COc1ccc2c(C[C@H](NC(=O)c3cccc(C(F)(F)F)c3)C(N)=O)cc(=O)oc2c1. The lowest BCUT2D eigenvalue weighted by molar-refractivity contribution is -0.137. The zero-order valence-electron chi connectivity index (χ0n) is 16.2. The third-order valence-electron chi connectivity index (χ3n) is 4.56. The molecular weight excluding hydrogens is 417 g/mol. The maximum Gasteiger partial charge on any atom is 0.416 e. The highest BCUT2D eigenvalue weighted by atomic mass is 19.4. The molecule has 0 bridgehead atoms. The van der Waals surface area contributed by atoms with Crippen molar-refractivity contribution in [3.05, 3.63) is 75.6 Å². The maximum atomic E-state index is 12.9. The van der Waals surface area contributed by atoms with Gasteiger partial charge in [-0.25, -0.2) is 4.79 Å². The van der Waals surface area contributed by atoms with Crippen molar-refractivity contribution < 1.29 is 31.9 Å². The number of primary amides is 1. The molecule has 0 unspecified atom stereocenters. The van der Waals surface area contributed by atoms with Crippen molar-refractivity contribution in [1.29, 1.82) is 0 Å². The average molecular weight is 434 g/mol. The van der Waals surface area contributed by atoms with E-state index in [9.17, 15) is 27.6 Å². The Morgan fingerprint density at radius 2 is 1.90 bits per heavy atom. The van der Waals surface area contributed by atoms with Crippen LogP contribution in [0.4, 0.5) is 13.2 Å². The summed E-state index contributed by atoms with van der Waals surface area (Å²) in [5, 5.41) is 2.81. The van der Waals surface area contributed by atoms with Crippen LogP contribution in [-0.4, -0.2) is 25.0 Å². The van der Waals surface area contributed by atoms with Gasteiger partial charge in [0.1, 0.15) is 17.4 Å². The molecule has 31 heavy (non-hydrogen) atoms. The highest BCUT2D eigenvalue weighted by Gasteiger charge is 2.31. The van der Waals surface area contributed by atoms with Gasteiger partial charge in [0, 0.05) is 29.5 Å². The molecular formula is C21H17F3N2O5. The number of carbonyl (C=O) groups excluding carboxylic acids is 2. The van der Waals surface area contributed by atoms with Gasteiger partial charge in [0.2, 0.25) is 5.91 Å². The van der Waals surface area contributed by atoms with Crippen molar-refractivity contribution in [2.24, 2.45) is 5.73 Å². The Morgan fingerprint density at radius 3 is 2.55 bits per heavy atom. The Hall–Kier alpha value is -3.82. The summed E-state index contributed by atoms with van der Waals surface area (Å²) in [7, 11) is 1.44. The third-order valence-corrected chi connectivity index (χ3v) is 4.56. The Bertz CT molecular complexity index is 1200. The van der Waals surface area contributed by atoms with Crippen LogP contribution in [-0.2, 0) is 17.4 Å². The number of benzene rings is 2. The summed E-state index contributed by atoms with van der Waals surface area (Å²) >= 11 is 0. The molecule has 7 nitrogen and oxygen atoms in total. The number of rotatable bonds is 6. The van der Waals surface area contributed by atoms with Gasteiger partial charge in [0.15, 0.2) is 0 Å². The Labute approximate surface area is 173 Å². The number of nitrogens with two attached hydrogens (primary N) is 1. The topological polar surface area (TPSA) is 112 Å². The van der Waals surface area contributed by atoms with E-state index in [2.05, 4.69) is 5.32 Å². The minimum Gasteiger partial charge on any atom is -0.497 e. The van der Waals surface area contributed by atoms with Crippen LogP contribution in [0.1, 0.15) is 21.5 Å². The van der Waals surface area contributed by atoms with Crippen LogP contribution in [0, 0.1) is 0 Å². The van der Waals surface area contributed by atoms with E-state index in [0.29, 0.717) is 22.8 Å². The lowest BCUT2D eigenvalue weighted by Crippen LogP contribution is -2.46. The molecule has 0 aliphatic heterocycles. The fraction of sp³-hybridized carbons (Fsp3) is 0.190. The van der Waals surface area contributed by atoms with Gasteiger partial charge in [-0.2, -0.15) is 13.2 Å². The van der Waals surface area contributed by atoms with Crippen molar-refractivity contribution >= 4 is 22.8 Å². The zero-order chi connectivity index (χ0) is 22.8. The minimum atomic E-state index is -4.63. The molecule has 0 aliphatic rings.